The molecular formula is C19H17ClN2O4S. The van der Waals surface area contributed by atoms with E-state index < -0.39 is 0 Å². The number of halogens is 1. The lowest BCUT2D eigenvalue weighted by atomic mass is 10.2. The smallest absolute Gasteiger partial charge is 0.338 e. The number of ether oxygens (including phenoxy) is 2. The molecule has 3 aromatic rings. The first-order valence-electron chi connectivity index (χ1n) is 8.21. The molecule has 0 spiro atoms. The molecule has 0 saturated carbocycles. The summed E-state index contributed by atoms with van der Waals surface area (Å²) < 4.78 is 11.4. The van der Waals surface area contributed by atoms with Crippen LogP contribution in [0.4, 0.5) is 5.13 Å². The Morgan fingerprint density at radius 2 is 2.00 bits per heavy atom. The van der Waals surface area contributed by atoms with Crippen molar-refractivity contribution in [3.05, 3.63) is 53.1 Å². The number of hydrogen-bond acceptors (Lipinski definition) is 6. The van der Waals surface area contributed by atoms with Crippen LogP contribution in [0.15, 0.2) is 42.5 Å². The number of carbonyl (C=O) groups is 2. The highest BCUT2D eigenvalue weighted by Crippen LogP contribution is 2.27. The standard InChI is InChI=1S/C19H17ClN2O4S/c1-11(2)26-18(24)12-7-8-14-16(9-12)27-19(21-14)22-17(23)10-25-15-6-4-3-5-13(15)20/h3-9,11H,10H2,1-2H3,(H,21,22,23). The summed E-state index contributed by atoms with van der Waals surface area (Å²) in [5.41, 5.74) is 1.13. The van der Waals surface area contributed by atoms with E-state index in [-0.39, 0.29) is 24.6 Å². The molecule has 0 aliphatic heterocycles. The lowest BCUT2D eigenvalue weighted by Gasteiger charge is -2.07. The summed E-state index contributed by atoms with van der Waals surface area (Å²) >= 11 is 7.26. The van der Waals surface area contributed by atoms with E-state index in [0.29, 0.717) is 27.0 Å². The van der Waals surface area contributed by atoms with E-state index in [2.05, 4.69) is 10.3 Å². The zero-order valence-corrected chi connectivity index (χ0v) is 16.3. The molecule has 1 N–H and O–H groups in total. The van der Waals surface area contributed by atoms with Crippen LogP contribution in [0.2, 0.25) is 5.02 Å². The van der Waals surface area contributed by atoms with Crippen LogP contribution in [0.3, 0.4) is 0 Å². The number of benzene rings is 2. The van der Waals surface area contributed by atoms with Gasteiger partial charge >= 0.3 is 5.97 Å². The summed E-state index contributed by atoms with van der Waals surface area (Å²) in [6, 6.07) is 12.0. The van der Waals surface area contributed by atoms with Gasteiger partial charge in [0.2, 0.25) is 0 Å². The number of esters is 1. The minimum Gasteiger partial charge on any atom is -0.482 e. The fourth-order valence-electron chi connectivity index (χ4n) is 2.25. The van der Waals surface area contributed by atoms with Crippen LogP contribution in [0, 0.1) is 0 Å². The predicted molar refractivity (Wildman–Crippen MR) is 106 cm³/mol. The van der Waals surface area contributed by atoms with Gasteiger partial charge in [0.25, 0.3) is 5.91 Å². The minimum atomic E-state index is -0.390. The molecule has 3 rings (SSSR count). The molecule has 0 fully saturated rings. The lowest BCUT2D eigenvalue weighted by Crippen LogP contribution is -2.20. The van der Waals surface area contributed by atoms with E-state index in [0.717, 1.165) is 4.70 Å². The molecule has 0 unspecified atom stereocenters. The maximum Gasteiger partial charge on any atom is 0.338 e. The third-order valence-electron chi connectivity index (χ3n) is 3.41. The van der Waals surface area contributed by atoms with E-state index >= 15 is 0 Å². The van der Waals surface area contributed by atoms with Gasteiger partial charge in [-0.15, -0.1) is 0 Å². The van der Waals surface area contributed by atoms with Gasteiger partial charge in [0.1, 0.15) is 5.75 Å². The number of hydrogen-bond donors (Lipinski definition) is 1. The summed E-state index contributed by atoms with van der Waals surface area (Å²) in [5, 5.41) is 3.55. The highest BCUT2D eigenvalue weighted by Gasteiger charge is 2.13. The van der Waals surface area contributed by atoms with Gasteiger partial charge in [-0.25, -0.2) is 9.78 Å². The predicted octanol–water partition coefficient (Wildman–Crippen LogP) is 4.53. The highest BCUT2D eigenvalue weighted by molar-refractivity contribution is 7.22. The van der Waals surface area contributed by atoms with Crippen LogP contribution in [0.5, 0.6) is 5.75 Å². The van der Waals surface area contributed by atoms with Gasteiger partial charge < -0.3 is 9.47 Å². The number of aromatic nitrogens is 1. The number of carbonyl (C=O) groups excluding carboxylic acids is 2. The van der Waals surface area contributed by atoms with E-state index in [4.69, 9.17) is 21.1 Å². The van der Waals surface area contributed by atoms with Crippen LogP contribution in [0.25, 0.3) is 10.2 Å². The van der Waals surface area contributed by atoms with Gasteiger partial charge in [0.05, 0.1) is 26.9 Å². The number of thiazole rings is 1. The number of anilines is 1. The van der Waals surface area contributed by atoms with Gasteiger partial charge in [-0.05, 0) is 44.2 Å². The van der Waals surface area contributed by atoms with E-state index in [1.54, 1.807) is 56.3 Å². The highest BCUT2D eigenvalue weighted by atomic mass is 35.5. The summed E-state index contributed by atoms with van der Waals surface area (Å²) in [5.74, 6) is -0.306. The topological polar surface area (TPSA) is 77.5 Å². The third kappa shape index (κ3) is 4.96. The fourth-order valence-corrected chi connectivity index (χ4v) is 3.36. The van der Waals surface area contributed by atoms with E-state index in [1.165, 1.54) is 11.3 Å². The van der Waals surface area contributed by atoms with E-state index in [9.17, 15) is 9.59 Å². The number of fused-ring (bicyclic) bond motifs is 1. The Balaban J connectivity index is 1.65. The Labute approximate surface area is 165 Å². The Bertz CT molecular complexity index is 987. The lowest BCUT2D eigenvalue weighted by molar-refractivity contribution is -0.118. The molecule has 0 radical (unpaired) electrons. The first-order chi connectivity index (χ1) is 12.9. The van der Waals surface area contributed by atoms with Gasteiger partial charge in [-0.3, -0.25) is 10.1 Å². The van der Waals surface area contributed by atoms with Gasteiger partial charge in [-0.2, -0.15) is 0 Å². The quantitative estimate of drug-likeness (QED) is 0.610. The second-order valence-electron chi connectivity index (χ2n) is 5.92. The second kappa shape index (κ2) is 8.37. The van der Waals surface area contributed by atoms with Gasteiger partial charge in [0.15, 0.2) is 11.7 Å². The maximum atomic E-state index is 12.1. The molecule has 6 nitrogen and oxygen atoms in total. The van der Waals surface area contributed by atoms with Crippen LogP contribution < -0.4 is 10.1 Å². The molecule has 1 aromatic heterocycles. The monoisotopic (exact) mass is 404 g/mol. The molecule has 8 heteroatoms. The van der Waals surface area contributed by atoms with Crippen molar-refractivity contribution in [3.8, 4) is 5.75 Å². The maximum absolute atomic E-state index is 12.1. The number of nitrogens with one attached hydrogen (secondary N) is 1. The zero-order valence-electron chi connectivity index (χ0n) is 14.7. The molecule has 1 heterocycles. The number of rotatable bonds is 6. The van der Waals surface area contributed by atoms with Crippen LogP contribution in [0.1, 0.15) is 24.2 Å². The first-order valence-corrected chi connectivity index (χ1v) is 9.40. The van der Waals surface area contributed by atoms with Gasteiger partial charge in [0, 0.05) is 0 Å². The van der Waals surface area contributed by atoms with Crippen molar-refractivity contribution in [3.63, 3.8) is 0 Å². The first kappa shape index (κ1) is 19.1. The Kier molecular flexibility index (Phi) is 5.93. The molecule has 0 aliphatic carbocycles. The zero-order chi connectivity index (χ0) is 19.4. The molecular weight excluding hydrogens is 388 g/mol. The van der Waals surface area contributed by atoms with Crippen molar-refractivity contribution in [2.75, 3.05) is 11.9 Å². The average molecular weight is 405 g/mol. The molecule has 1 amide bonds. The van der Waals surface area contributed by atoms with Crippen molar-refractivity contribution in [2.24, 2.45) is 0 Å². The van der Waals surface area contributed by atoms with Crippen LogP contribution >= 0.6 is 22.9 Å². The van der Waals surface area contributed by atoms with Crippen molar-refractivity contribution in [1.82, 2.24) is 4.98 Å². The SMILES string of the molecule is CC(C)OC(=O)c1ccc2nc(NC(=O)COc3ccccc3Cl)sc2c1. The fraction of sp³-hybridized carbons (Fsp3) is 0.211. The van der Waals surface area contributed by atoms with Crippen molar-refractivity contribution < 1.29 is 19.1 Å². The molecule has 0 bridgehead atoms. The molecule has 0 saturated heterocycles. The van der Waals surface area contributed by atoms with Gasteiger partial charge in [-0.1, -0.05) is 35.1 Å². The Morgan fingerprint density at radius 3 is 2.74 bits per heavy atom. The van der Waals surface area contributed by atoms with Crippen molar-refractivity contribution in [1.29, 1.82) is 0 Å². The molecule has 2 aromatic carbocycles. The Hall–Kier alpha value is -2.64. The van der Waals surface area contributed by atoms with Crippen LogP contribution in [-0.4, -0.2) is 29.6 Å². The third-order valence-corrected chi connectivity index (χ3v) is 4.65. The second-order valence-corrected chi connectivity index (χ2v) is 7.36. The molecule has 0 aliphatic rings. The number of nitrogens with zero attached hydrogens (tertiary/aromatic N) is 1. The minimum absolute atomic E-state index is 0.189. The molecule has 0 atom stereocenters. The summed E-state index contributed by atoms with van der Waals surface area (Å²) in [6.07, 6.45) is -0.192. The average Bonchev–Trinajstić information content (AvgIpc) is 3.01. The molecule has 27 heavy (non-hydrogen) atoms. The molecule has 140 valence electrons. The summed E-state index contributed by atoms with van der Waals surface area (Å²) in [6.45, 7) is 3.40. The van der Waals surface area contributed by atoms with Crippen LogP contribution in [-0.2, 0) is 9.53 Å². The Morgan fingerprint density at radius 1 is 1.22 bits per heavy atom. The normalized spacial score (nSPS) is 10.8. The number of para-hydroxylation sites is 1. The summed E-state index contributed by atoms with van der Waals surface area (Å²) in [7, 11) is 0. The number of amides is 1. The van der Waals surface area contributed by atoms with E-state index in [1.807, 2.05) is 0 Å². The van der Waals surface area contributed by atoms with Crippen molar-refractivity contribution >= 4 is 50.2 Å². The van der Waals surface area contributed by atoms with Crippen molar-refractivity contribution in [2.45, 2.75) is 20.0 Å². The summed E-state index contributed by atoms with van der Waals surface area (Å²) in [4.78, 5) is 28.4. The largest absolute Gasteiger partial charge is 0.482 e.